The molecule has 68 valence electrons. The van der Waals surface area contributed by atoms with Crippen molar-refractivity contribution in [3.8, 4) is 0 Å². The Labute approximate surface area is 75.6 Å². The first-order chi connectivity index (χ1) is 6.27. The lowest BCUT2D eigenvalue weighted by molar-refractivity contribution is -0.117. The zero-order valence-electron chi connectivity index (χ0n) is 7.05. The van der Waals surface area contributed by atoms with Gasteiger partial charge in [-0.25, -0.2) is 9.97 Å². The second kappa shape index (κ2) is 3.10. The molecule has 2 rings (SSSR count). The smallest absolute Gasteiger partial charge is 0.232 e. The lowest BCUT2D eigenvalue weighted by atomic mass is 10.3. The van der Waals surface area contributed by atoms with E-state index in [2.05, 4.69) is 9.97 Å². The number of amides is 1. The van der Waals surface area contributed by atoms with Crippen molar-refractivity contribution in [1.29, 1.82) is 0 Å². The summed E-state index contributed by atoms with van der Waals surface area (Å²) >= 11 is 0. The fourth-order valence-electron chi connectivity index (χ4n) is 1.36. The third-order valence-electron chi connectivity index (χ3n) is 1.95. The first kappa shape index (κ1) is 8.12. The Morgan fingerprint density at radius 1 is 1.46 bits per heavy atom. The average Bonchev–Trinajstić information content (AvgIpc) is 2.47. The summed E-state index contributed by atoms with van der Waals surface area (Å²) in [5, 5.41) is 0. The number of nitrogens with two attached hydrogens (primary N) is 1. The molecule has 1 unspecified atom stereocenters. The molecule has 1 fully saturated rings. The van der Waals surface area contributed by atoms with E-state index in [1.807, 2.05) is 0 Å². The van der Waals surface area contributed by atoms with Gasteiger partial charge in [0.1, 0.15) is 0 Å². The largest absolute Gasteiger partial charge is 0.326 e. The summed E-state index contributed by atoms with van der Waals surface area (Å²) in [6.07, 6.45) is 3.61. The van der Waals surface area contributed by atoms with Crippen molar-refractivity contribution >= 4 is 11.9 Å². The molecule has 1 atom stereocenters. The molecule has 1 aromatic heterocycles. The highest BCUT2D eigenvalue weighted by Crippen LogP contribution is 2.14. The van der Waals surface area contributed by atoms with Crippen LogP contribution in [-0.2, 0) is 4.79 Å². The van der Waals surface area contributed by atoms with E-state index in [-0.39, 0.29) is 11.9 Å². The van der Waals surface area contributed by atoms with E-state index in [0.717, 1.165) is 0 Å². The minimum absolute atomic E-state index is 0.00120. The predicted molar refractivity (Wildman–Crippen MR) is 47.0 cm³/mol. The molecule has 1 aromatic rings. The van der Waals surface area contributed by atoms with Gasteiger partial charge in [-0.2, -0.15) is 0 Å². The van der Waals surface area contributed by atoms with Gasteiger partial charge < -0.3 is 5.73 Å². The summed E-state index contributed by atoms with van der Waals surface area (Å²) in [5.74, 6) is 0.444. The van der Waals surface area contributed by atoms with Gasteiger partial charge in [-0.1, -0.05) is 0 Å². The molecule has 5 heteroatoms. The van der Waals surface area contributed by atoms with E-state index >= 15 is 0 Å². The van der Waals surface area contributed by atoms with Crippen LogP contribution in [0.25, 0.3) is 0 Å². The Morgan fingerprint density at radius 3 is 2.69 bits per heavy atom. The summed E-state index contributed by atoms with van der Waals surface area (Å²) in [6.45, 7) is 0.517. The molecular weight excluding hydrogens is 168 g/mol. The molecule has 0 radical (unpaired) electrons. The van der Waals surface area contributed by atoms with Crippen molar-refractivity contribution in [3.05, 3.63) is 18.5 Å². The second-order valence-corrected chi connectivity index (χ2v) is 3.02. The number of nitrogens with zero attached hydrogens (tertiary/aromatic N) is 3. The molecule has 1 aliphatic rings. The summed E-state index contributed by atoms with van der Waals surface area (Å²) in [5.41, 5.74) is 5.63. The van der Waals surface area contributed by atoms with Crippen LogP contribution >= 0.6 is 0 Å². The first-order valence-corrected chi connectivity index (χ1v) is 4.10. The summed E-state index contributed by atoms with van der Waals surface area (Å²) in [6, 6.07) is 1.63. The van der Waals surface area contributed by atoms with Gasteiger partial charge >= 0.3 is 0 Å². The highest BCUT2D eigenvalue weighted by Gasteiger charge is 2.29. The van der Waals surface area contributed by atoms with Crippen molar-refractivity contribution in [2.45, 2.75) is 12.5 Å². The fourth-order valence-corrected chi connectivity index (χ4v) is 1.36. The number of hydrogen-bond donors (Lipinski definition) is 1. The van der Waals surface area contributed by atoms with Crippen molar-refractivity contribution in [3.63, 3.8) is 0 Å². The van der Waals surface area contributed by atoms with E-state index in [1.165, 1.54) is 4.90 Å². The van der Waals surface area contributed by atoms with E-state index in [0.29, 0.717) is 18.9 Å². The summed E-state index contributed by atoms with van der Waals surface area (Å²) < 4.78 is 0. The number of hydrogen-bond acceptors (Lipinski definition) is 4. The van der Waals surface area contributed by atoms with Gasteiger partial charge in [0.15, 0.2) is 0 Å². The maximum absolute atomic E-state index is 11.4. The van der Waals surface area contributed by atoms with Crippen LogP contribution in [0.3, 0.4) is 0 Å². The van der Waals surface area contributed by atoms with Crippen LogP contribution in [0.4, 0.5) is 5.95 Å². The molecule has 2 heterocycles. The van der Waals surface area contributed by atoms with Gasteiger partial charge in [0.05, 0.1) is 0 Å². The van der Waals surface area contributed by atoms with Crippen LogP contribution in [0.2, 0.25) is 0 Å². The van der Waals surface area contributed by atoms with Crippen molar-refractivity contribution in [2.24, 2.45) is 5.73 Å². The zero-order valence-corrected chi connectivity index (χ0v) is 7.05. The van der Waals surface area contributed by atoms with Crippen LogP contribution in [0.5, 0.6) is 0 Å². The first-order valence-electron chi connectivity index (χ1n) is 4.10. The molecule has 0 aliphatic carbocycles. The Balaban J connectivity index is 2.23. The Morgan fingerprint density at radius 2 is 2.15 bits per heavy atom. The lowest BCUT2D eigenvalue weighted by Crippen LogP contribution is -2.29. The molecule has 0 saturated carbocycles. The third-order valence-corrected chi connectivity index (χ3v) is 1.95. The maximum Gasteiger partial charge on any atom is 0.232 e. The van der Waals surface area contributed by atoms with Gasteiger partial charge in [0.2, 0.25) is 11.9 Å². The number of aromatic nitrogens is 2. The van der Waals surface area contributed by atoms with Crippen LogP contribution in [0, 0.1) is 0 Å². The molecular formula is C8H10N4O. The molecule has 5 nitrogen and oxygen atoms in total. The average molecular weight is 178 g/mol. The van der Waals surface area contributed by atoms with E-state index in [4.69, 9.17) is 5.73 Å². The second-order valence-electron chi connectivity index (χ2n) is 3.02. The minimum atomic E-state index is -0.0868. The number of rotatable bonds is 1. The molecule has 13 heavy (non-hydrogen) atoms. The molecule has 0 bridgehead atoms. The SMILES string of the molecule is NC1CC(=O)N(c2ncccn2)C1. The normalized spacial score (nSPS) is 22.4. The highest BCUT2D eigenvalue weighted by atomic mass is 16.2. The number of anilines is 1. The van der Waals surface area contributed by atoms with Gasteiger partial charge in [-0.3, -0.25) is 9.69 Å². The van der Waals surface area contributed by atoms with Crippen LogP contribution in [0.1, 0.15) is 6.42 Å². The maximum atomic E-state index is 11.4. The van der Waals surface area contributed by atoms with Crippen molar-refractivity contribution in [2.75, 3.05) is 11.4 Å². The van der Waals surface area contributed by atoms with Crippen LogP contribution < -0.4 is 10.6 Å². The number of carbonyl (C=O) groups excluding carboxylic acids is 1. The standard InChI is InChI=1S/C8H10N4O/c9-6-4-7(13)12(5-6)8-10-2-1-3-11-8/h1-3,6H,4-5,9H2. The van der Waals surface area contributed by atoms with Crippen LogP contribution in [0.15, 0.2) is 18.5 Å². The predicted octanol–water partition coefficient (Wildman–Crippen LogP) is -0.459. The van der Waals surface area contributed by atoms with E-state index < -0.39 is 0 Å². The van der Waals surface area contributed by atoms with Crippen LogP contribution in [-0.4, -0.2) is 28.5 Å². The lowest BCUT2D eigenvalue weighted by Gasteiger charge is -2.12. The van der Waals surface area contributed by atoms with E-state index in [1.54, 1.807) is 18.5 Å². The molecule has 1 amide bonds. The van der Waals surface area contributed by atoms with Gasteiger partial charge in [0.25, 0.3) is 0 Å². The third kappa shape index (κ3) is 1.50. The topological polar surface area (TPSA) is 72.1 Å². The molecule has 0 spiro atoms. The summed E-state index contributed by atoms with van der Waals surface area (Å²) in [7, 11) is 0. The van der Waals surface area contributed by atoms with E-state index in [9.17, 15) is 4.79 Å². The Kier molecular flexibility index (Phi) is 1.94. The number of carbonyl (C=O) groups is 1. The zero-order chi connectivity index (χ0) is 9.26. The molecule has 0 aromatic carbocycles. The fraction of sp³-hybridized carbons (Fsp3) is 0.375. The van der Waals surface area contributed by atoms with Crippen molar-refractivity contribution < 1.29 is 4.79 Å². The highest BCUT2D eigenvalue weighted by molar-refractivity contribution is 5.94. The Bertz CT molecular complexity index is 313. The molecule has 1 saturated heterocycles. The monoisotopic (exact) mass is 178 g/mol. The minimum Gasteiger partial charge on any atom is -0.326 e. The molecule has 1 aliphatic heterocycles. The summed E-state index contributed by atoms with van der Waals surface area (Å²) in [4.78, 5) is 20.8. The van der Waals surface area contributed by atoms with Crippen molar-refractivity contribution in [1.82, 2.24) is 9.97 Å². The van der Waals surface area contributed by atoms with Gasteiger partial charge in [-0.05, 0) is 6.07 Å². The van der Waals surface area contributed by atoms with Gasteiger partial charge in [0, 0.05) is 31.4 Å². The quantitative estimate of drug-likeness (QED) is 0.631. The Hall–Kier alpha value is -1.49. The van der Waals surface area contributed by atoms with Gasteiger partial charge in [-0.15, -0.1) is 0 Å². The molecule has 2 N–H and O–H groups in total.